The number of benzene rings is 2. The van der Waals surface area contributed by atoms with Gasteiger partial charge >= 0.3 is 0 Å². The Morgan fingerprint density at radius 2 is 1.89 bits per heavy atom. The summed E-state index contributed by atoms with van der Waals surface area (Å²) in [7, 11) is 1.54. The maximum atomic E-state index is 13.3. The van der Waals surface area contributed by atoms with Crippen molar-refractivity contribution in [1.29, 1.82) is 0 Å². The Morgan fingerprint density at radius 1 is 1.11 bits per heavy atom. The summed E-state index contributed by atoms with van der Waals surface area (Å²) in [4.78, 5) is 27.9. The van der Waals surface area contributed by atoms with Gasteiger partial charge in [0.25, 0.3) is 11.7 Å². The van der Waals surface area contributed by atoms with E-state index in [0.29, 0.717) is 48.2 Å². The SMILES string of the molecule is CCOc1cc([C@H]2/C(=C(\O)c3ccc4c(c3)C[C@@H](C)O4)C(=O)C(=O)N2CCOC)ccc1OCCC(C)C. The first-order chi connectivity index (χ1) is 18.2. The van der Waals surface area contributed by atoms with Crippen molar-refractivity contribution in [2.75, 3.05) is 33.5 Å². The second-order valence-corrected chi connectivity index (χ2v) is 10.1. The van der Waals surface area contributed by atoms with E-state index in [1.165, 1.54) is 12.0 Å². The smallest absolute Gasteiger partial charge is 0.295 e. The van der Waals surface area contributed by atoms with Gasteiger partial charge in [-0.05, 0) is 67.6 Å². The Bertz CT molecular complexity index is 1220. The van der Waals surface area contributed by atoms with Crippen LogP contribution in [0.15, 0.2) is 42.0 Å². The molecule has 1 fully saturated rings. The molecule has 2 aliphatic rings. The molecule has 38 heavy (non-hydrogen) atoms. The number of hydrogen-bond acceptors (Lipinski definition) is 7. The van der Waals surface area contributed by atoms with Gasteiger partial charge in [-0.25, -0.2) is 0 Å². The van der Waals surface area contributed by atoms with Crippen molar-refractivity contribution < 1.29 is 33.6 Å². The van der Waals surface area contributed by atoms with Crippen LogP contribution in [0.1, 0.15) is 56.8 Å². The number of aliphatic hydroxyl groups is 1. The van der Waals surface area contributed by atoms with Gasteiger partial charge in [-0.2, -0.15) is 0 Å². The molecule has 2 heterocycles. The van der Waals surface area contributed by atoms with E-state index in [0.717, 1.165) is 17.7 Å². The van der Waals surface area contributed by atoms with Gasteiger partial charge in [0.15, 0.2) is 11.5 Å². The first kappa shape index (κ1) is 27.5. The molecule has 0 unspecified atom stereocenters. The van der Waals surface area contributed by atoms with Gasteiger partial charge in [0.1, 0.15) is 17.6 Å². The molecule has 204 valence electrons. The van der Waals surface area contributed by atoms with Gasteiger partial charge in [-0.15, -0.1) is 0 Å². The van der Waals surface area contributed by atoms with Crippen molar-refractivity contribution >= 4 is 17.4 Å². The van der Waals surface area contributed by atoms with Crippen LogP contribution < -0.4 is 14.2 Å². The summed E-state index contributed by atoms with van der Waals surface area (Å²) >= 11 is 0. The van der Waals surface area contributed by atoms with Crippen LogP contribution in [0, 0.1) is 5.92 Å². The van der Waals surface area contributed by atoms with Crippen molar-refractivity contribution in [1.82, 2.24) is 4.90 Å². The van der Waals surface area contributed by atoms with E-state index in [2.05, 4.69) is 13.8 Å². The first-order valence-corrected chi connectivity index (χ1v) is 13.2. The molecule has 2 atom stereocenters. The summed E-state index contributed by atoms with van der Waals surface area (Å²) in [6.07, 6.45) is 1.65. The molecule has 0 radical (unpaired) electrons. The van der Waals surface area contributed by atoms with E-state index in [9.17, 15) is 14.7 Å². The number of aliphatic hydroxyl groups excluding tert-OH is 1. The van der Waals surface area contributed by atoms with Crippen molar-refractivity contribution in [3.63, 3.8) is 0 Å². The highest BCUT2D eigenvalue weighted by atomic mass is 16.5. The number of carbonyl (C=O) groups excluding carboxylic acids is 2. The van der Waals surface area contributed by atoms with Gasteiger partial charge in [0.05, 0.1) is 31.4 Å². The van der Waals surface area contributed by atoms with Gasteiger partial charge in [-0.1, -0.05) is 19.9 Å². The zero-order chi connectivity index (χ0) is 27.4. The number of carbonyl (C=O) groups is 2. The lowest BCUT2D eigenvalue weighted by Crippen LogP contribution is -2.32. The molecule has 0 aliphatic carbocycles. The predicted molar refractivity (Wildman–Crippen MR) is 144 cm³/mol. The topological polar surface area (TPSA) is 94.5 Å². The monoisotopic (exact) mass is 523 g/mol. The average molecular weight is 524 g/mol. The Kier molecular flexibility index (Phi) is 8.62. The largest absolute Gasteiger partial charge is 0.507 e. The van der Waals surface area contributed by atoms with Crippen LogP contribution in [-0.2, 0) is 20.7 Å². The van der Waals surface area contributed by atoms with Crippen molar-refractivity contribution in [3.8, 4) is 17.2 Å². The molecule has 4 rings (SSSR count). The summed E-state index contributed by atoms with van der Waals surface area (Å²) in [6.45, 7) is 9.52. The summed E-state index contributed by atoms with van der Waals surface area (Å²) in [5.41, 5.74) is 2.09. The number of ketones is 1. The van der Waals surface area contributed by atoms with E-state index >= 15 is 0 Å². The van der Waals surface area contributed by atoms with E-state index in [1.807, 2.05) is 26.0 Å². The molecule has 2 aliphatic heterocycles. The van der Waals surface area contributed by atoms with Gasteiger partial charge in [-0.3, -0.25) is 9.59 Å². The molecular weight excluding hydrogens is 486 g/mol. The molecule has 1 N–H and O–H groups in total. The maximum Gasteiger partial charge on any atom is 0.295 e. The first-order valence-electron chi connectivity index (χ1n) is 13.2. The van der Waals surface area contributed by atoms with Crippen LogP contribution >= 0.6 is 0 Å². The second kappa shape index (κ2) is 11.9. The lowest BCUT2D eigenvalue weighted by molar-refractivity contribution is -0.140. The van der Waals surface area contributed by atoms with Crippen LogP contribution in [0.3, 0.4) is 0 Å². The molecule has 2 aromatic carbocycles. The maximum absolute atomic E-state index is 13.3. The zero-order valence-corrected chi connectivity index (χ0v) is 22.8. The number of rotatable bonds is 11. The average Bonchev–Trinajstić information content (AvgIpc) is 3.38. The third-order valence-electron chi connectivity index (χ3n) is 6.78. The third kappa shape index (κ3) is 5.65. The number of amides is 1. The molecule has 0 aromatic heterocycles. The van der Waals surface area contributed by atoms with Gasteiger partial charge < -0.3 is 29.0 Å². The van der Waals surface area contributed by atoms with Crippen molar-refractivity contribution in [3.05, 3.63) is 58.7 Å². The normalized spacial score (nSPS) is 20.1. The summed E-state index contributed by atoms with van der Waals surface area (Å²) in [5.74, 6) is 0.754. The fourth-order valence-corrected chi connectivity index (χ4v) is 4.86. The highest BCUT2D eigenvalue weighted by molar-refractivity contribution is 6.46. The van der Waals surface area contributed by atoms with Gasteiger partial charge in [0, 0.05) is 25.6 Å². The second-order valence-electron chi connectivity index (χ2n) is 10.1. The minimum absolute atomic E-state index is 0.0361. The number of fused-ring (bicyclic) bond motifs is 1. The Balaban J connectivity index is 1.78. The molecule has 0 spiro atoms. The van der Waals surface area contributed by atoms with Crippen LogP contribution in [0.25, 0.3) is 5.76 Å². The molecule has 0 saturated carbocycles. The minimum atomic E-state index is -0.808. The Labute approximate surface area is 224 Å². The summed E-state index contributed by atoms with van der Waals surface area (Å²) in [6, 6.07) is 9.92. The number of Topliss-reactive ketones (excluding diaryl/α,β-unsaturated/α-hetero) is 1. The number of methoxy groups -OCH3 is 1. The van der Waals surface area contributed by atoms with E-state index in [1.54, 1.807) is 24.3 Å². The predicted octanol–water partition coefficient (Wildman–Crippen LogP) is 4.90. The molecule has 1 amide bonds. The highest BCUT2D eigenvalue weighted by Gasteiger charge is 2.46. The fourth-order valence-electron chi connectivity index (χ4n) is 4.86. The Morgan fingerprint density at radius 3 is 2.61 bits per heavy atom. The minimum Gasteiger partial charge on any atom is -0.507 e. The molecular formula is C30H37NO7. The third-order valence-corrected chi connectivity index (χ3v) is 6.78. The molecule has 8 heteroatoms. The Hall–Kier alpha value is -3.52. The van der Waals surface area contributed by atoms with E-state index < -0.39 is 17.7 Å². The van der Waals surface area contributed by atoms with Crippen LogP contribution in [0.5, 0.6) is 17.2 Å². The van der Waals surface area contributed by atoms with Crippen LogP contribution in [-0.4, -0.2) is 61.3 Å². The number of nitrogens with zero attached hydrogens (tertiary/aromatic N) is 1. The van der Waals surface area contributed by atoms with Gasteiger partial charge in [0.2, 0.25) is 0 Å². The fraction of sp³-hybridized carbons (Fsp3) is 0.467. The van der Waals surface area contributed by atoms with Crippen LogP contribution in [0.2, 0.25) is 0 Å². The van der Waals surface area contributed by atoms with E-state index in [-0.39, 0.29) is 30.6 Å². The lowest BCUT2D eigenvalue weighted by atomic mass is 9.94. The molecule has 1 saturated heterocycles. The molecule has 2 aromatic rings. The zero-order valence-electron chi connectivity index (χ0n) is 22.8. The highest BCUT2D eigenvalue weighted by Crippen LogP contribution is 2.42. The van der Waals surface area contributed by atoms with E-state index in [4.69, 9.17) is 18.9 Å². The number of hydrogen-bond donors (Lipinski definition) is 1. The number of ether oxygens (including phenoxy) is 4. The summed E-state index contributed by atoms with van der Waals surface area (Å²) in [5, 5.41) is 11.4. The van der Waals surface area contributed by atoms with Crippen molar-refractivity contribution in [2.24, 2.45) is 5.92 Å². The molecule has 8 nitrogen and oxygen atoms in total. The summed E-state index contributed by atoms with van der Waals surface area (Å²) < 4.78 is 22.8. The lowest BCUT2D eigenvalue weighted by Gasteiger charge is -2.26. The van der Waals surface area contributed by atoms with Crippen molar-refractivity contribution in [2.45, 2.75) is 52.7 Å². The standard InChI is InChI=1S/C30H37NO7/c1-6-36-25-17-20(7-10-24(25)37-13-11-18(2)3)27-26(29(33)30(34)31(27)12-14-35-5)28(32)21-8-9-23-22(16-21)15-19(4)38-23/h7-10,16-19,27,32H,6,11-15H2,1-5H3/b28-26+/t19-,27+/m1/s1. The quantitative estimate of drug-likeness (QED) is 0.254. The molecule has 0 bridgehead atoms. The van der Waals surface area contributed by atoms with Crippen LogP contribution in [0.4, 0.5) is 0 Å². The number of likely N-dealkylation sites (tertiary alicyclic amines) is 1.